The highest BCUT2D eigenvalue weighted by Crippen LogP contribution is 2.36. The van der Waals surface area contributed by atoms with Crippen LogP contribution < -0.4 is 15.6 Å². The molecule has 0 bridgehead atoms. The Morgan fingerprint density at radius 2 is 2.02 bits per heavy atom. The molecule has 0 saturated carbocycles. The molecule has 1 fully saturated rings. The first kappa shape index (κ1) is 27.3. The molecule has 3 aromatic heterocycles. The van der Waals surface area contributed by atoms with E-state index in [9.17, 15) is 15.0 Å². The number of thioether (sulfide) groups is 1. The molecule has 1 aliphatic rings. The van der Waals surface area contributed by atoms with E-state index >= 15 is 0 Å². The number of nitrogens with zero attached hydrogens (tertiary/aromatic N) is 3. The van der Waals surface area contributed by atoms with Gasteiger partial charge in [0.15, 0.2) is 5.88 Å². The van der Waals surface area contributed by atoms with Crippen LogP contribution in [0.5, 0.6) is 11.6 Å². The number of rotatable bonds is 9. The molecule has 1 saturated heterocycles. The molecule has 5 N–H and O–H groups in total. The van der Waals surface area contributed by atoms with Crippen molar-refractivity contribution in [1.29, 1.82) is 0 Å². The standard InChI is InChI=1S/C30H34N6O4S/c1-35-11-8-19(9-12-35)36-16-18-13-23-24(14-21(18)30(36)39)34-28(33-23)27-22(7-10-31-29(27)38)32-15-20(37)17-40-25-5-3-4-6-26(25)41-2/h3-7,10,13-14,16,19-20,37,39H,8-9,11-12,15,17H2,1-2H3,(H,33,34)(H2,31,32,38)/t20-/m1/s1. The van der Waals surface area contributed by atoms with Crippen LogP contribution in [0.3, 0.4) is 0 Å². The van der Waals surface area contributed by atoms with Crippen LogP contribution in [0.25, 0.3) is 33.2 Å². The van der Waals surface area contributed by atoms with Crippen LogP contribution in [-0.4, -0.2) is 80.3 Å². The molecular formula is C30H34N6O4S. The first-order valence-corrected chi connectivity index (χ1v) is 15.0. The number of ether oxygens (including phenoxy) is 1. The molecule has 0 radical (unpaired) electrons. The average molecular weight is 575 g/mol. The van der Waals surface area contributed by atoms with Crippen molar-refractivity contribution < 1.29 is 14.9 Å². The summed E-state index contributed by atoms with van der Waals surface area (Å²) in [5, 5.41) is 26.5. The molecule has 6 rings (SSSR count). The number of imidazole rings is 1. The van der Waals surface area contributed by atoms with E-state index in [1.807, 2.05) is 53.4 Å². The largest absolute Gasteiger partial charge is 0.494 e. The maximum atomic E-state index is 12.9. The summed E-state index contributed by atoms with van der Waals surface area (Å²) in [6, 6.07) is 13.5. The van der Waals surface area contributed by atoms with Gasteiger partial charge in [-0.05, 0) is 69.6 Å². The Morgan fingerprint density at radius 1 is 1.22 bits per heavy atom. The molecule has 5 aromatic rings. The number of aromatic nitrogens is 4. The minimum atomic E-state index is -0.808. The van der Waals surface area contributed by atoms with Gasteiger partial charge in [-0.25, -0.2) is 4.98 Å². The van der Waals surface area contributed by atoms with Crippen molar-refractivity contribution in [3.8, 4) is 23.0 Å². The lowest BCUT2D eigenvalue weighted by atomic mass is 10.1. The second-order valence-corrected chi connectivity index (χ2v) is 11.4. The number of nitrogens with one attached hydrogen (secondary N) is 3. The number of H-pyrrole nitrogens is 2. The molecule has 41 heavy (non-hydrogen) atoms. The summed E-state index contributed by atoms with van der Waals surface area (Å²) in [7, 11) is 2.12. The number of pyridine rings is 1. The zero-order valence-electron chi connectivity index (χ0n) is 23.1. The lowest BCUT2D eigenvalue weighted by Gasteiger charge is -2.30. The van der Waals surface area contributed by atoms with Crippen LogP contribution in [0, 0.1) is 0 Å². The molecule has 4 heterocycles. The summed E-state index contributed by atoms with van der Waals surface area (Å²) in [5.41, 5.74) is 1.99. The highest BCUT2D eigenvalue weighted by atomic mass is 32.2. The Kier molecular flexibility index (Phi) is 7.65. The van der Waals surface area contributed by atoms with Gasteiger partial charge in [0.25, 0.3) is 5.56 Å². The first-order chi connectivity index (χ1) is 19.9. The first-order valence-electron chi connectivity index (χ1n) is 13.7. The third-order valence-electron chi connectivity index (χ3n) is 7.72. The molecule has 1 atom stereocenters. The molecular weight excluding hydrogens is 540 g/mol. The van der Waals surface area contributed by atoms with Crippen molar-refractivity contribution in [2.24, 2.45) is 0 Å². The van der Waals surface area contributed by atoms with E-state index in [0.29, 0.717) is 22.6 Å². The van der Waals surface area contributed by atoms with Crippen LogP contribution in [0.1, 0.15) is 18.9 Å². The van der Waals surface area contributed by atoms with Gasteiger partial charge in [-0.1, -0.05) is 12.1 Å². The smallest absolute Gasteiger partial charge is 0.261 e. The van der Waals surface area contributed by atoms with Crippen LogP contribution >= 0.6 is 11.8 Å². The highest BCUT2D eigenvalue weighted by molar-refractivity contribution is 7.98. The summed E-state index contributed by atoms with van der Waals surface area (Å²) in [5.74, 6) is 1.37. The van der Waals surface area contributed by atoms with E-state index in [1.165, 1.54) is 0 Å². The number of fused-ring (bicyclic) bond motifs is 2. The van der Waals surface area contributed by atoms with E-state index in [-0.39, 0.29) is 30.6 Å². The number of anilines is 1. The fourth-order valence-electron chi connectivity index (χ4n) is 5.47. The van der Waals surface area contributed by atoms with E-state index in [4.69, 9.17) is 9.72 Å². The minimum Gasteiger partial charge on any atom is -0.494 e. The van der Waals surface area contributed by atoms with Gasteiger partial charge in [0.2, 0.25) is 0 Å². The normalized spacial score (nSPS) is 15.5. The summed E-state index contributed by atoms with van der Waals surface area (Å²) < 4.78 is 7.81. The number of piperidine rings is 1. The van der Waals surface area contributed by atoms with E-state index in [2.05, 4.69) is 27.2 Å². The van der Waals surface area contributed by atoms with Crippen molar-refractivity contribution in [2.45, 2.75) is 29.9 Å². The second kappa shape index (κ2) is 11.5. The van der Waals surface area contributed by atoms with E-state index < -0.39 is 6.10 Å². The molecule has 10 nitrogen and oxygen atoms in total. The summed E-state index contributed by atoms with van der Waals surface area (Å²) in [6.45, 7) is 2.28. The van der Waals surface area contributed by atoms with E-state index in [1.54, 1.807) is 24.0 Å². The predicted molar refractivity (Wildman–Crippen MR) is 163 cm³/mol. The van der Waals surface area contributed by atoms with Gasteiger partial charge in [-0.2, -0.15) is 0 Å². The Balaban J connectivity index is 1.22. The molecule has 0 unspecified atom stereocenters. The summed E-state index contributed by atoms with van der Waals surface area (Å²) in [6.07, 6.45) is 6.71. The second-order valence-electron chi connectivity index (χ2n) is 10.5. The number of aromatic amines is 2. The van der Waals surface area contributed by atoms with Gasteiger partial charge in [-0.3, -0.25) is 4.79 Å². The number of para-hydroxylation sites is 1. The quantitative estimate of drug-likeness (QED) is 0.164. The van der Waals surface area contributed by atoms with Crippen molar-refractivity contribution in [2.75, 3.05) is 44.9 Å². The lowest BCUT2D eigenvalue weighted by Crippen LogP contribution is -2.31. The maximum Gasteiger partial charge on any atom is 0.261 e. The van der Waals surface area contributed by atoms with Crippen molar-refractivity contribution in [1.82, 2.24) is 24.4 Å². The molecule has 0 amide bonds. The number of aliphatic hydroxyl groups is 1. The number of aliphatic hydroxyl groups excluding tert-OH is 1. The third-order valence-corrected chi connectivity index (χ3v) is 8.50. The fraction of sp³-hybridized carbons (Fsp3) is 0.333. The minimum absolute atomic E-state index is 0.102. The van der Waals surface area contributed by atoms with Crippen molar-refractivity contribution >= 4 is 39.3 Å². The monoisotopic (exact) mass is 574 g/mol. The summed E-state index contributed by atoms with van der Waals surface area (Å²) in [4.78, 5) is 27.0. The van der Waals surface area contributed by atoms with E-state index in [0.717, 1.165) is 52.9 Å². The van der Waals surface area contributed by atoms with Gasteiger partial charge in [0, 0.05) is 40.6 Å². The van der Waals surface area contributed by atoms with Crippen LogP contribution in [-0.2, 0) is 0 Å². The number of hydrogen-bond donors (Lipinski definition) is 5. The Labute approximate surface area is 241 Å². The Bertz CT molecular complexity index is 1740. The van der Waals surface area contributed by atoms with Crippen LogP contribution in [0.15, 0.2) is 64.5 Å². The summed E-state index contributed by atoms with van der Waals surface area (Å²) >= 11 is 1.58. The van der Waals surface area contributed by atoms with Gasteiger partial charge >= 0.3 is 0 Å². The van der Waals surface area contributed by atoms with Gasteiger partial charge in [0.1, 0.15) is 29.8 Å². The van der Waals surface area contributed by atoms with Crippen molar-refractivity contribution in [3.63, 3.8) is 0 Å². The zero-order chi connectivity index (χ0) is 28.5. The lowest BCUT2D eigenvalue weighted by molar-refractivity contribution is 0.116. The molecule has 214 valence electrons. The number of likely N-dealkylation sites (tertiary alicyclic amines) is 1. The van der Waals surface area contributed by atoms with Crippen LogP contribution in [0.2, 0.25) is 0 Å². The molecule has 2 aromatic carbocycles. The zero-order valence-corrected chi connectivity index (χ0v) is 23.9. The maximum absolute atomic E-state index is 12.9. The average Bonchev–Trinajstić information content (AvgIpc) is 3.54. The molecule has 11 heteroatoms. The SMILES string of the molecule is CSc1ccccc1OC[C@H](O)CNc1cc[nH]c(=O)c1-c1nc2cc3c(O)n(C4CCN(C)CC4)cc3cc2[nH]1. The third kappa shape index (κ3) is 5.52. The molecule has 0 aliphatic carbocycles. The van der Waals surface area contributed by atoms with Crippen molar-refractivity contribution in [3.05, 3.63) is 65.2 Å². The molecule has 1 aliphatic heterocycles. The number of benzene rings is 2. The Hall–Kier alpha value is -3.93. The van der Waals surface area contributed by atoms with Gasteiger partial charge in [-0.15, -0.1) is 11.8 Å². The Morgan fingerprint density at radius 3 is 2.83 bits per heavy atom. The topological polar surface area (TPSA) is 131 Å². The molecule has 0 spiro atoms. The number of hydrogen-bond acceptors (Lipinski definition) is 8. The van der Waals surface area contributed by atoms with Gasteiger partial charge in [0.05, 0.1) is 16.7 Å². The van der Waals surface area contributed by atoms with Gasteiger partial charge < -0.3 is 39.7 Å². The highest BCUT2D eigenvalue weighted by Gasteiger charge is 2.23. The fourth-order valence-corrected chi connectivity index (χ4v) is 6.01. The van der Waals surface area contributed by atoms with Crippen LogP contribution in [0.4, 0.5) is 5.69 Å². The predicted octanol–water partition coefficient (Wildman–Crippen LogP) is 4.42. The number of aromatic hydroxyl groups is 1.